The zero-order valence-corrected chi connectivity index (χ0v) is 17.4. The number of nitro groups is 1. The van der Waals surface area contributed by atoms with Crippen molar-refractivity contribution in [2.24, 2.45) is 0 Å². The molecule has 0 amide bonds. The van der Waals surface area contributed by atoms with E-state index in [1.807, 2.05) is 13.8 Å². The Morgan fingerprint density at radius 3 is 2.11 bits per heavy atom. The van der Waals surface area contributed by atoms with Gasteiger partial charge in [0.1, 0.15) is 5.75 Å². The zero-order valence-electron chi connectivity index (χ0n) is 17.4. The molecule has 0 saturated carbocycles. The molecule has 2 unspecified atom stereocenters. The van der Waals surface area contributed by atoms with Crippen LogP contribution in [0, 0.1) is 10.1 Å². The molecule has 1 aromatic carbocycles. The first kappa shape index (κ1) is 23.8. The smallest absolute Gasteiger partial charge is 0.434 e. The Morgan fingerprint density at radius 1 is 1.04 bits per heavy atom. The summed E-state index contributed by atoms with van der Waals surface area (Å²) in [6, 6.07) is 5.21. The maximum atomic E-state index is 11.8. The van der Waals surface area contributed by atoms with Gasteiger partial charge in [-0.25, -0.2) is 4.79 Å². The normalized spacial score (nSPS) is 15.3. The Bertz CT molecular complexity index is 628. The van der Waals surface area contributed by atoms with Crippen molar-refractivity contribution in [3.05, 3.63) is 34.4 Å². The number of nitro benzene ring substituents is 1. The first-order valence-electron chi connectivity index (χ1n) is 9.45. The summed E-state index contributed by atoms with van der Waals surface area (Å²) >= 11 is 0. The van der Waals surface area contributed by atoms with Crippen molar-refractivity contribution < 1.29 is 28.7 Å². The summed E-state index contributed by atoms with van der Waals surface area (Å²) in [6.07, 6.45) is 2.11. The molecule has 8 heteroatoms. The van der Waals surface area contributed by atoms with Crippen molar-refractivity contribution in [1.29, 1.82) is 0 Å². The largest absolute Gasteiger partial charge is 0.513 e. The molecular formula is C20H31NO7. The second-order valence-electron chi connectivity index (χ2n) is 7.11. The van der Waals surface area contributed by atoms with Gasteiger partial charge in [0, 0.05) is 25.7 Å². The van der Waals surface area contributed by atoms with Gasteiger partial charge in [-0.15, -0.1) is 0 Å². The highest BCUT2D eigenvalue weighted by atomic mass is 16.7. The molecule has 2 atom stereocenters. The van der Waals surface area contributed by atoms with Gasteiger partial charge in [0.25, 0.3) is 5.69 Å². The molecule has 0 radical (unpaired) electrons. The standard InChI is InChI=1S/C20H31NO7/c1-6-19(3,25-5)13-15-27-20(4,7-2)12-14-26-18(22)28-17-10-8-16(9-11-17)21(23)24/h8-11H,6-7,12-15H2,1-5H3. The summed E-state index contributed by atoms with van der Waals surface area (Å²) in [5, 5.41) is 10.6. The van der Waals surface area contributed by atoms with Crippen LogP contribution in [0.1, 0.15) is 53.4 Å². The fraction of sp³-hybridized carbons (Fsp3) is 0.650. The Hall–Kier alpha value is -2.19. The highest BCUT2D eigenvalue weighted by Gasteiger charge is 2.26. The minimum atomic E-state index is -0.856. The number of ether oxygens (including phenoxy) is 4. The summed E-state index contributed by atoms with van der Waals surface area (Å²) in [4.78, 5) is 21.9. The maximum Gasteiger partial charge on any atom is 0.513 e. The second kappa shape index (κ2) is 11.0. The van der Waals surface area contributed by atoms with E-state index in [0.29, 0.717) is 13.0 Å². The van der Waals surface area contributed by atoms with Crippen molar-refractivity contribution in [1.82, 2.24) is 0 Å². The molecule has 0 aliphatic carbocycles. The summed E-state index contributed by atoms with van der Waals surface area (Å²) < 4.78 is 21.7. The van der Waals surface area contributed by atoms with E-state index < -0.39 is 16.7 Å². The Balaban J connectivity index is 2.41. The predicted molar refractivity (Wildman–Crippen MR) is 105 cm³/mol. The molecule has 0 saturated heterocycles. The van der Waals surface area contributed by atoms with Crippen LogP contribution < -0.4 is 4.74 Å². The molecule has 0 N–H and O–H groups in total. The lowest BCUT2D eigenvalue weighted by Crippen LogP contribution is -2.34. The van der Waals surface area contributed by atoms with Crippen molar-refractivity contribution in [3.8, 4) is 5.75 Å². The van der Waals surface area contributed by atoms with Gasteiger partial charge in [-0.2, -0.15) is 0 Å². The monoisotopic (exact) mass is 397 g/mol. The average Bonchev–Trinajstić information content (AvgIpc) is 2.68. The van der Waals surface area contributed by atoms with E-state index in [2.05, 4.69) is 13.8 Å². The van der Waals surface area contributed by atoms with E-state index in [9.17, 15) is 14.9 Å². The summed E-state index contributed by atoms with van der Waals surface area (Å²) in [7, 11) is 1.70. The van der Waals surface area contributed by atoms with Gasteiger partial charge in [0.05, 0.1) is 29.3 Å². The summed E-state index contributed by atoms with van der Waals surface area (Å²) in [5.74, 6) is 0.184. The molecular weight excluding hydrogens is 366 g/mol. The lowest BCUT2D eigenvalue weighted by atomic mass is 9.97. The van der Waals surface area contributed by atoms with E-state index >= 15 is 0 Å². The maximum absolute atomic E-state index is 11.8. The van der Waals surface area contributed by atoms with Crippen LogP contribution in [0.4, 0.5) is 10.5 Å². The van der Waals surface area contributed by atoms with E-state index in [-0.39, 0.29) is 23.6 Å². The third-order valence-corrected chi connectivity index (χ3v) is 5.17. The predicted octanol–water partition coefficient (Wildman–Crippen LogP) is 4.89. The van der Waals surface area contributed by atoms with Gasteiger partial charge in [-0.05, 0) is 45.2 Å². The van der Waals surface area contributed by atoms with E-state index in [0.717, 1.165) is 19.3 Å². The van der Waals surface area contributed by atoms with Crippen LogP contribution in [0.5, 0.6) is 5.75 Å². The number of carbonyl (C=O) groups is 1. The number of nitrogens with zero attached hydrogens (tertiary/aromatic N) is 1. The van der Waals surface area contributed by atoms with Crippen molar-refractivity contribution in [3.63, 3.8) is 0 Å². The lowest BCUT2D eigenvalue weighted by molar-refractivity contribution is -0.384. The molecule has 0 aromatic heterocycles. The van der Waals surface area contributed by atoms with Crippen LogP contribution in [0.25, 0.3) is 0 Å². The first-order valence-corrected chi connectivity index (χ1v) is 9.45. The van der Waals surface area contributed by atoms with Crippen LogP contribution in [-0.2, 0) is 14.2 Å². The van der Waals surface area contributed by atoms with Crippen LogP contribution in [-0.4, -0.2) is 42.6 Å². The highest BCUT2D eigenvalue weighted by molar-refractivity contribution is 5.63. The molecule has 0 aliphatic heterocycles. The van der Waals surface area contributed by atoms with Crippen LogP contribution in [0.3, 0.4) is 0 Å². The number of hydrogen-bond donors (Lipinski definition) is 0. The van der Waals surface area contributed by atoms with E-state index in [4.69, 9.17) is 18.9 Å². The number of hydrogen-bond acceptors (Lipinski definition) is 7. The number of non-ortho nitro benzene ring substituents is 1. The van der Waals surface area contributed by atoms with Crippen LogP contribution in [0.2, 0.25) is 0 Å². The van der Waals surface area contributed by atoms with E-state index in [1.54, 1.807) is 7.11 Å². The van der Waals surface area contributed by atoms with Gasteiger partial charge in [0.15, 0.2) is 0 Å². The molecule has 158 valence electrons. The van der Waals surface area contributed by atoms with Gasteiger partial charge < -0.3 is 18.9 Å². The number of carbonyl (C=O) groups excluding carboxylic acids is 1. The fourth-order valence-corrected chi connectivity index (χ4v) is 2.40. The molecule has 0 heterocycles. The second-order valence-corrected chi connectivity index (χ2v) is 7.11. The topological polar surface area (TPSA) is 97.1 Å². The number of benzene rings is 1. The third-order valence-electron chi connectivity index (χ3n) is 5.17. The Labute approximate surface area is 166 Å². The summed E-state index contributed by atoms with van der Waals surface area (Å²) in [5.41, 5.74) is -0.709. The molecule has 0 spiro atoms. The van der Waals surface area contributed by atoms with Crippen molar-refractivity contribution >= 4 is 11.8 Å². The van der Waals surface area contributed by atoms with Gasteiger partial charge >= 0.3 is 6.16 Å². The molecule has 0 aliphatic rings. The third kappa shape index (κ3) is 7.82. The van der Waals surface area contributed by atoms with Gasteiger partial charge in [-0.1, -0.05) is 13.8 Å². The minimum absolute atomic E-state index is 0.0794. The average molecular weight is 397 g/mol. The quantitative estimate of drug-likeness (QED) is 0.214. The van der Waals surface area contributed by atoms with Crippen LogP contribution in [0.15, 0.2) is 24.3 Å². The van der Waals surface area contributed by atoms with Gasteiger partial charge in [0.2, 0.25) is 0 Å². The van der Waals surface area contributed by atoms with Crippen LogP contribution >= 0.6 is 0 Å². The molecule has 0 bridgehead atoms. The Kier molecular flexibility index (Phi) is 9.34. The zero-order chi connectivity index (χ0) is 21.2. The summed E-state index contributed by atoms with van der Waals surface area (Å²) in [6.45, 7) is 8.82. The van der Waals surface area contributed by atoms with E-state index in [1.165, 1.54) is 24.3 Å². The molecule has 8 nitrogen and oxygen atoms in total. The Morgan fingerprint density at radius 2 is 1.61 bits per heavy atom. The SMILES string of the molecule is CCC(C)(CCOC(C)(CC)CCOC(=O)Oc1ccc([N+](=O)[O-])cc1)OC. The molecule has 28 heavy (non-hydrogen) atoms. The van der Waals surface area contributed by atoms with Gasteiger partial charge in [-0.3, -0.25) is 10.1 Å². The van der Waals surface area contributed by atoms with Crippen molar-refractivity contribution in [2.75, 3.05) is 20.3 Å². The first-order chi connectivity index (χ1) is 13.2. The molecule has 1 aromatic rings. The number of rotatable bonds is 12. The minimum Gasteiger partial charge on any atom is -0.434 e. The number of methoxy groups -OCH3 is 1. The highest BCUT2D eigenvalue weighted by Crippen LogP contribution is 2.24. The fourth-order valence-electron chi connectivity index (χ4n) is 2.40. The molecule has 1 rings (SSSR count). The molecule has 0 fully saturated rings. The van der Waals surface area contributed by atoms with Crippen molar-refractivity contribution in [2.45, 2.75) is 64.6 Å². The lowest BCUT2D eigenvalue weighted by Gasteiger charge is -2.32.